The molecule has 15 nitrogen and oxygen atoms in total. The Labute approximate surface area is 268 Å². The maximum absolute atomic E-state index is 13.8. The van der Waals surface area contributed by atoms with Crippen LogP contribution in [0.5, 0.6) is 0 Å². The third kappa shape index (κ3) is 10.1. The number of methoxy groups -OCH3 is 1. The number of thiazole rings is 1. The molecule has 0 bridgehead atoms. The summed E-state index contributed by atoms with van der Waals surface area (Å²) in [6, 6.07) is 6.55. The van der Waals surface area contributed by atoms with Crippen molar-refractivity contribution in [1.82, 2.24) is 20.9 Å². The van der Waals surface area contributed by atoms with Crippen LogP contribution in [0.4, 0.5) is 4.79 Å². The van der Waals surface area contributed by atoms with Crippen molar-refractivity contribution in [2.75, 3.05) is 20.3 Å². The van der Waals surface area contributed by atoms with Gasteiger partial charge in [0.05, 0.1) is 30.4 Å². The Balaban J connectivity index is 1.67. The second kappa shape index (κ2) is 16.5. The molecular weight excluding hydrogens is 624 g/mol. The summed E-state index contributed by atoms with van der Waals surface area (Å²) in [5, 5.41) is 8.30. The van der Waals surface area contributed by atoms with Crippen LogP contribution in [0.1, 0.15) is 52.0 Å². The maximum Gasteiger partial charge on any atom is 0.519 e. The zero-order valence-corrected chi connectivity index (χ0v) is 26.8. The first-order valence-corrected chi connectivity index (χ1v) is 15.0. The highest BCUT2D eigenvalue weighted by molar-refractivity contribution is 7.13. The van der Waals surface area contributed by atoms with Crippen molar-refractivity contribution >= 4 is 41.0 Å². The van der Waals surface area contributed by atoms with Crippen LogP contribution >= 0.6 is 11.3 Å². The summed E-state index contributed by atoms with van der Waals surface area (Å²) in [7, 11) is 1.36. The average Bonchev–Trinajstić information content (AvgIpc) is 3.61. The van der Waals surface area contributed by atoms with E-state index >= 15 is 0 Å². The molecule has 0 radical (unpaired) electrons. The second-order valence-corrected chi connectivity index (χ2v) is 11.5. The molecule has 0 fully saturated rings. The predicted octanol–water partition coefficient (Wildman–Crippen LogP) is 1.99. The highest BCUT2D eigenvalue weighted by atomic mass is 32.1. The Morgan fingerprint density at radius 3 is 2.35 bits per heavy atom. The fourth-order valence-electron chi connectivity index (χ4n) is 4.15. The van der Waals surface area contributed by atoms with Gasteiger partial charge in [-0.2, -0.15) is 0 Å². The number of hydrogen-bond donors (Lipinski definition) is 3. The molecule has 0 saturated heterocycles. The molecule has 3 rings (SSSR count). The minimum absolute atomic E-state index is 0.0197. The number of Topliss-reactive ketones (excluding diaryl/α,β-unsaturated/α-hetero) is 1. The van der Waals surface area contributed by atoms with E-state index in [0.717, 1.165) is 11.3 Å². The van der Waals surface area contributed by atoms with Crippen molar-refractivity contribution in [3.8, 4) is 0 Å². The molecule has 0 aliphatic carbocycles. The first-order chi connectivity index (χ1) is 21.8. The van der Waals surface area contributed by atoms with Gasteiger partial charge in [-0.25, -0.2) is 14.6 Å². The SMILES string of the molecule is CC[C@@](C)(OC(=O)OCc1oc(=O)oc1C)C(=O)[C@H](Cc1ccccc1)NC(=O)CNC(=O)[C@H](COC)NC(=O)c1cnc(C)s1. The second-order valence-electron chi connectivity index (χ2n) is 10.3. The molecule has 248 valence electrons. The first kappa shape index (κ1) is 35.6. The van der Waals surface area contributed by atoms with Gasteiger partial charge in [-0.05, 0) is 39.2 Å². The quantitative estimate of drug-likeness (QED) is 0.189. The van der Waals surface area contributed by atoms with Crippen LogP contribution in [0.3, 0.4) is 0 Å². The zero-order valence-electron chi connectivity index (χ0n) is 26.0. The Morgan fingerprint density at radius 2 is 1.76 bits per heavy atom. The lowest BCUT2D eigenvalue weighted by atomic mass is 9.89. The predicted molar refractivity (Wildman–Crippen MR) is 162 cm³/mol. The molecule has 1 aromatic carbocycles. The van der Waals surface area contributed by atoms with Gasteiger partial charge in [-0.3, -0.25) is 19.2 Å². The molecule has 3 N–H and O–H groups in total. The van der Waals surface area contributed by atoms with E-state index in [9.17, 15) is 28.8 Å². The van der Waals surface area contributed by atoms with E-state index in [1.807, 2.05) is 0 Å². The Kier molecular flexibility index (Phi) is 12.8. The average molecular weight is 661 g/mol. The number of carbonyl (C=O) groups excluding carboxylic acids is 5. The number of ether oxygens (including phenoxy) is 3. The van der Waals surface area contributed by atoms with Crippen LogP contribution in [0.15, 0.2) is 50.2 Å². The van der Waals surface area contributed by atoms with E-state index in [1.165, 1.54) is 27.2 Å². The van der Waals surface area contributed by atoms with E-state index in [0.29, 0.717) is 15.4 Å². The van der Waals surface area contributed by atoms with Gasteiger partial charge in [0.15, 0.2) is 29.5 Å². The largest absolute Gasteiger partial charge is 0.519 e. The number of ketones is 1. The van der Waals surface area contributed by atoms with Gasteiger partial charge < -0.3 is 39.0 Å². The van der Waals surface area contributed by atoms with Gasteiger partial charge in [-0.1, -0.05) is 37.3 Å². The number of carbonyl (C=O) groups is 5. The van der Waals surface area contributed by atoms with Gasteiger partial charge in [0.2, 0.25) is 11.8 Å². The Morgan fingerprint density at radius 1 is 1.04 bits per heavy atom. The topological polar surface area (TPSA) is 205 Å². The van der Waals surface area contributed by atoms with Crippen molar-refractivity contribution in [1.29, 1.82) is 0 Å². The van der Waals surface area contributed by atoms with E-state index < -0.39 is 66.3 Å². The first-order valence-electron chi connectivity index (χ1n) is 14.2. The van der Waals surface area contributed by atoms with Crippen LogP contribution in [-0.2, 0) is 41.6 Å². The van der Waals surface area contributed by atoms with Crippen molar-refractivity contribution < 1.29 is 47.0 Å². The summed E-state index contributed by atoms with van der Waals surface area (Å²) in [6.45, 7) is 5.02. The third-order valence-electron chi connectivity index (χ3n) is 6.82. The Bertz CT molecular complexity index is 1580. The fourth-order valence-corrected chi connectivity index (χ4v) is 4.83. The highest BCUT2D eigenvalue weighted by Gasteiger charge is 2.41. The standard InChI is InChI=1S/C30H36N4O11S/c1-6-30(4,45-28(39)42-16-22-17(2)43-29(40)44-22)25(36)20(12-19-10-8-7-9-11-19)33-24(35)14-32-26(37)21(15-41-5)34-27(38)23-13-31-18(3)46-23/h7-11,13,20-21H,6,12,14-16H2,1-5H3,(H,32,37)(H,33,35)(H,34,38)/t20-,21-,30+/m0/s1. The maximum atomic E-state index is 13.8. The van der Waals surface area contributed by atoms with Crippen LogP contribution < -0.4 is 21.8 Å². The lowest BCUT2D eigenvalue weighted by molar-refractivity contribution is -0.143. The van der Waals surface area contributed by atoms with Crippen LogP contribution in [0.2, 0.25) is 0 Å². The van der Waals surface area contributed by atoms with E-state index in [1.54, 1.807) is 44.2 Å². The number of nitrogens with one attached hydrogen (secondary N) is 3. The molecular formula is C30H36N4O11S. The molecule has 16 heteroatoms. The summed E-state index contributed by atoms with van der Waals surface area (Å²) in [4.78, 5) is 80.4. The Hall–Kier alpha value is -4.83. The number of amides is 3. The number of aromatic nitrogens is 1. The summed E-state index contributed by atoms with van der Waals surface area (Å²) < 4.78 is 25.0. The van der Waals surface area contributed by atoms with Crippen LogP contribution in [-0.4, -0.2) is 72.6 Å². The zero-order chi connectivity index (χ0) is 33.9. The molecule has 3 aromatic rings. The normalized spacial score (nSPS) is 13.5. The fraction of sp³-hybridized carbons (Fsp3) is 0.433. The van der Waals surface area contributed by atoms with Crippen molar-refractivity contribution in [3.05, 3.63) is 74.1 Å². The molecule has 0 aliphatic rings. The number of benzene rings is 1. The minimum Gasteiger partial charge on any atom is -0.426 e. The number of hydrogen-bond acceptors (Lipinski definition) is 13. The lowest BCUT2D eigenvalue weighted by Crippen LogP contribution is -2.55. The minimum atomic E-state index is -1.73. The molecule has 0 saturated carbocycles. The molecule has 3 amide bonds. The third-order valence-corrected chi connectivity index (χ3v) is 7.73. The number of nitrogens with zero attached hydrogens (tertiary/aromatic N) is 1. The molecule has 3 atom stereocenters. The van der Waals surface area contributed by atoms with Gasteiger partial charge in [0.25, 0.3) is 5.91 Å². The van der Waals surface area contributed by atoms with Crippen LogP contribution in [0, 0.1) is 13.8 Å². The summed E-state index contributed by atoms with van der Waals surface area (Å²) in [5.74, 6) is -3.42. The number of aryl methyl sites for hydroxylation is 2. The highest BCUT2D eigenvalue weighted by Crippen LogP contribution is 2.22. The van der Waals surface area contributed by atoms with Gasteiger partial charge >= 0.3 is 12.0 Å². The van der Waals surface area contributed by atoms with Gasteiger partial charge in [0, 0.05) is 7.11 Å². The monoisotopic (exact) mass is 660 g/mol. The molecule has 46 heavy (non-hydrogen) atoms. The van der Waals surface area contributed by atoms with Crippen molar-refractivity contribution in [2.45, 2.75) is 64.8 Å². The van der Waals surface area contributed by atoms with Gasteiger partial charge in [-0.15, -0.1) is 11.3 Å². The summed E-state index contributed by atoms with van der Waals surface area (Å²) in [5.41, 5.74) is -1.03. The summed E-state index contributed by atoms with van der Waals surface area (Å²) >= 11 is 1.16. The molecule has 0 unspecified atom stereocenters. The number of rotatable bonds is 16. The van der Waals surface area contributed by atoms with E-state index in [2.05, 4.69) is 20.9 Å². The lowest BCUT2D eigenvalue weighted by Gasteiger charge is -2.31. The van der Waals surface area contributed by atoms with Gasteiger partial charge in [0.1, 0.15) is 10.9 Å². The molecule has 2 heterocycles. The van der Waals surface area contributed by atoms with Crippen LogP contribution in [0.25, 0.3) is 0 Å². The van der Waals surface area contributed by atoms with E-state index in [4.69, 9.17) is 23.0 Å². The van der Waals surface area contributed by atoms with Crippen molar-refractivity contribution in [2.24, 2.45) is 0 Å². The summed E-state index contributed by atoms with van der Waals surface area (Å²) in [6.07, 6.45) is 0.249. The molecule has 2 aromatic heterocycles. The molecule has 0 aliphatic heterocycles. The van der Waals surface area contributed by atoms with E-state index in [-0.39, 0.29) is 31.0 Å². The smallest absolute Gasteiger partial charge is 0.426 e. The van der Waals surface area contributed by atoms with Crippen molar-refractivity contribution in [3.63, 3.8) is 0 Å². The molecule has 0 spiro atoms.